The van der Waals surface area contributed by atoms with Gasteiger partial charge in [0.2, 0.25) is 0 Å². The molecule has 1 N–H and O–H groups in total. The summed E-state index contributed by atoms with van der Waals surface area (Å²) < 4.78 is 5.84. The first-order chi connectivity index (χ1) is 11.9. The molecule has 1 aliphatic rings. The minimum absolute atomic E-state index is 0.546. The predicted octanol–water partition coefficient (Wildman–Crippen LogP) is 3.76. The summed E-state index contributed by atoms with van der Waals surface area (Å²) in [7, 11) is 0. The molecule has 1 fully saturated rings. The number of hydrogen-bond acceptors (Lipinski definition) is 5. The Balaban J connectivity index is 1.27. The van der Waals surface area contributed by atoms with Crippen LogP contribution in [0.5, 0.6) is 5.75 Å². The van der Waals surface area contributed by atoms with Gasteiger partial charge in [0.1, 0.15) is 22.9 Å². The first kappa shape index (κ1) is 15.3. The van der Waals surface area contributed by atoms with Crippen LogP contribution in [0.4, 0.5) is 0 Å². The van der Waals surface area contributed by atoms with E-state index in [4.69, 9.17) is 4.74 Å². The maximum absolute atomic E-state index is 5.84. The lowest BCUT2D eigenvalue weighted by molar-refractivity contribution is 0.306. The highest BCUT2D eigenvalue weighted by Gasteiger charge is 2.37. The zero-order valence-electron chi connectivity index (χ0n) is 13.3. The molecule has 122 valence electrons. The fourth-order valence-electron chi connectivity index (χ4n) is 2.83. The first-order valence-corrected chi connectivity index (χ1v) is 9.01. The minimum atomic E-state index is 0.546. The number of benzene rings is 2. The normalized spacial score (nSPS) is 19.2. The van der Waals surface area contributed by atoms with Gasteiger partial charge in [-0.25, -0.2) is 0 Å². The van der Waals surface area contributed by atoms with Crippen LogP contribution >= 0.6 is 11.3 Å². The van der Waals surface area contributed by atoms with Crippen LogP contribution in [0, 0.1) is 0 Å². The van der Waals surface area contributed by atoms with E-state index in [2.05, 4.69) is 51.9 Å². The summed E-state index contributed by atoms with van der Waals surface area (Å²) in [5.41, 5.74) is 4.33. The molecule has 2 aromatic carbocycles. The minimum Gasteiger partial charge on any atom is -0.489 e. The van der Waals surface area contributed by atoms with Gasteiger partial charge in [0.05, 0.1) is 0 Å². The van der Waals surface area contributed by atoms with Gasteiger partial charge in [-0.2, -0.15) is 0 Å². The van der Waals surface area contributed by atoms with Crippen LogP contribution in [0.25, 0.3) is 0 Å². The van der Waals surface area contributed by atoms with Crippen molar-refractivity contribution in [2.45, 2.75) is 31.5 Å². The molecular formula is C19H19N3OS. The van der Waals surface area contributed by atoms with Gasteiger partial charge in [-0.15, -0.1) is 21.5 Å². The van der Waals surface area contributed by atoms with E-state index in [0.717, 1.165) is 17.3 Å². The summed E-state index contributed by atoms with van der Waals surface area (Å²) >= 11 is 1.59. The van der Waals surface area contributed by atoms with Crippen LogP contribution in [-0.2, 0) is 13.2 Å². The van der Waals surface area contributed by atoms with Crippen molar-refractivity contribution in [2.75, 3.05) is 0 Å². The molecule has 5 heteroatoms. The molecule has 0 amide bonds. The monoisotopic (exact) mass is 337 g/mol. The van der Waals surface area contributed by atoms with E-state index in [1.807, 2.05) is 18.2 Å². The van der Waals surface area contributed by atoms with Gasteiger partial charge in [0, 0.05) is 18.5 Å². The Kier molecular flexibility index (Phi) is 4.53. The van der Waals surface area contributed by atoms with Gasteiger partial charge in [-0.3, -0.25) is 0 Å². The van der Waals surface area contributed by atoms with Gasteiger partial charge in [-0.1, -0.05) is 42.5 Å². The molecule has 1 saturated carbocycles. The Bertz CT molecular complexity index is 759. The lowest BCUT2D eigenvalue weighted by atomic mass is 10.1. The van der Waals surface area contributed by atoms with E-state index in [1.54, 1.807) is 16.8 Å². The van der Waals surface area contributed by atoms with Crippen molar-refractivity contribution in [1.29, 1.82) is 0 Å². The lowest BCUT2D eigenvalue weighted by Crippen LogP contribution is -2.17. The maximum atomic E-state index is 5.84. The summed E-state index contributed by atoms with van der Waals surface area (Å²) in [6.07, 6.45) is 1.18. The Morgan fingerprint density at radius 2 is 1.92 bits per heavy atom. The Morgan fingerprint density at radius 3 is 2.67 bits per heavy atom. The van der Waals surface area contributed by atoms with E-state index in [9.17, 15) is 0 Å². The molecule has 4 rings (SSSR count). The van der Waals surface area contributed by atoms with E-state index in [-0.39, 0.29) is 0 Å². The molecule has 1 aromatic heterocycles. The van der Waals surface area contributed by atoms with Crippen molar-refractivity contribution in [3.63, 3.8) is 0 Å². The quantitative estimate of drug-likeness (QED) is 0.713. The molecule has 0 radical (unpaired) electrons. The van der Waals surface area contributed by atoms with Crippen LogP contribution in [0.3, 0.4) is 0 Å². The second-order valence-corrected chi connectivity index (χ2v) is 6.92. The highest BCUT2D eigenvalue weighted by molar-refractivity contribution is 7.09. The van der Waals surface area contributed by atoms with Crippen LogP contribution in [-0.4, -0.2) is 16.2 Å². The molecule has 2 unspecified atom stereocenters. The number of rotatable bonds is 7. The number of aromatic nitrogens is 2. The Hall–Kier alpha value is -2.24. The van der Waals surface area contributed by atoms with Crippen molar-refractivity contribution in [1.82, 2.24) is 15.5 Å². The third kappa shape index (κ3) is 3.80. The average molecular weight is 337 g/mol. The van der Waals surface area contributed by atoms with Crippen molar-refractivity contribution < 1.29 is 4.74 Å². The summed E-state index contributed by atoms with van der Waals surface area (Å²) in [4.78, 5) is 0. The highest BCUT2D eigenvalue weighted by atomic mass is 32.1. The standard InChI is InChI=1S/C19H19N3OS/c1-2-4-14(5-3-1)12-23-16-8-6-15(7-9-16)17-10-18(17)20-11-19-22-21-13-24-19/h1-9,13,17-18,20H,10-12H2. The molecule has 0 bridgehead atoms. The fourth-order valence-corrected chi connectivity index (χ4v) is 3.31. The van der Waals surface area contributed by atoms with E-state index in [1.165, 1.54) is 17.5 Å². The molecule has 2 atom stereocenters. The molecule has 1 heterocycles. The number of nitrogens with one attached hydrogen (secondary N) is 1. The molecule has 4 nitrogen and oxygen atoms in total. The third-order valence-electron chi connectivity index (χ3n) is 4.27. The Labute approximate surface area is 145 Å². The zero-order chi connectivity index (χ0) is 16.2. The van der Waals surface area contributed by atoms with E-state index >= 15 is 0 Å². The van der Waals surface area contributed by atoms with Crippen LogP contribution in [0.1, 0.15) is 28.5 Å². The SMILES string of the molecule is c1ccc(COc2ccc(C3CC3NCc3nncs3)cc2)cc1. The molecule has 0 saturated heterocycles. The molecule has 0 aliphatic heterocycles. The largest absolute Gasteiger partial charge is 0.489 e. The second-order valence-electron chi connectivity index (χ2n) is 6.01. The van der Waals surface area contributed by atoms with Gasteiger partial charge >= 0.3 is 0 Å². The van der Waals surface area contributed by atoms with Crippen molar-refractivity contribution >= 4 is 11.3 Å². The van der Waals surface area contributed by atoms with Crippen molar-refractivity contribution in [3.05, 3.63) is 76.2 Å². The zero-order valence-corrected chi connectivity index (χ0v) is 14.1. The third-order valence-corrected chi connectivity index (χ3v) is 4.97. The van der Waals surface area contributed by atoms with Crippen molar-refractivity contribution in [2.24, 2.45) is 0 Å². The first-order valence-electron chi connectivity index (χ1n) is 8.13. The lowest BCUT2D eigenvalue weighted by Gasteiger charge is -2.07. The smallest absolute Gasteiger partial charge is 0.131 e. The second kappa shape index (κ2) is 7.11. The predicted molar refractivity (Wildman–Crippen MR) is 95.1 cm³/mol. The number of ether oxygens (including phenoxy) is 1. The van der Waals surface area contributed by atoms with Gasteiger partial charge in [-0.05, 0) is 29.7 Å². The maximum Gasteiger partial charge on any atom is 0.131 e. The van der Waals surface area contributed by atoms with Gasteiger partial charge in [0.15, 0.2) is 0 Å². The van der Waals surface area contributed by atoms with Crippen LogP contribution < -0.4 is 10.1 Å². The molecule has 3 aromatic rings. The molecule has 24 heavy (non-hydrogen) atoms. The van der Waals surface area contributed by atoms with Crippen molar-refractivity contribution in [3.8, 4) is 5.75 Å². The number of hydrogen-bond donors (Lipinski definition) is 1. The summed E-state index contributed by atoms with van der Waals surface area (Å²) in [5.74, 6) is 1.52. The van der Waals surface area contributed by atoms with Crippen LogP contribution in [0.2, 0.25) is 0 Å². The van der Waals surface area contributed by atoms with E-state index < -0.39 is 0 Å². The molecule has 0 spiro atoms. The van der Waals surface area contributed by atoms with Gasteiger partial charge < -0.3 is 10.1 Å². The van der Waals surface area contributed by atoms with Crippen LogP contribution in [0.15, 0.2) is 60.1 Å². The summed E-state index contributed by atoms with van der Waals surface area (Å²) in [6.45, 7) is 1.42. The molecular weight excluding hydrogens is 318 g/mol. The van der Waals surface area contributed by atoms with Gasteiger partial charge in [0.25, 0.3) is 0 Å². The Morgan fingerprint density at radius 1 is 1.08 bits per heavy atom. The number of nitrogens with zero attached hydrogens (tertiary/aromatic N) is 2. The summed E-state index contributed by atoms with van der Waals surface area (Å²) in [5, 5.41) is 12.5. The fraction of sp³-hybridized carbons (Fsp3) is 0.263. The van der Waals surface area contributed by atoms with E-state index in [0.29, 0.717) is 18.6 Å². The molecule has 1 aliphatic carbocycles. The average Bonchev–Trinajstić information content (AvgIpc) is 3.23. The topological polar surface area (TPSA) is 47.0 Å². The highest BCUT2D eigenvalue weighted by Crippen LogP contribution is 2.41. The summed E-state index contributed by atoms with van der Waals surface area (Å²) in [6, 6.07) is 19.3.